The molecule has 0 N–H and O–H groups in total. The molecule has 5 heteroatoms. The Kier molecular flexibility index (Phi) is 3.41. The monoisotopic (exact) mass is 284 g/mol. The van der Waals surface area contributed by atoms with Gasteiger partial charge in [-0.25, -0.2) is 12.8 Å². The zero-order valence-corrected chi connectivity index (χ0v) is 11.1. The first-order chi connectivity index (χ1) is 8.38. The van der Waals surface area contributed by atoms with E-state index in [2.05, 4.69) is 0 Å². The van der Waals surface area contributed by atoms with Crippen molar-refractivity contribution < 1.29 is 12.8 Å². The highest BCUT2D eigenvalue weighted by Crippen LogP contribution is 2.27. The van der Waals surface area contributed by atoms with E-state index in [1.54, 1.807) is 12.1 Å². The average Bonchev–Trinajstić information content (AvgIpc) is 2.29. The summed E-state index contributed by atoms with van der Waals surface area (Å²) in [6, 6.07) is 10.6. The molecule has 0 amide bonds. The van der Waals surface area contributed by atoms with Crippen LogP contribution in [0.1, 0.15) is 5.56 Å². The number of benzene rings is 2. The normalized spacial score (nSPS) is 11.5. The lowest BCUT2D eigenvalue weighted by atomic mass is 10.0. The van der Waals surface area contributed by atoms with Gasteiger partial charge in [0.2, 0.25) is 0 Å². The predicted octanol–water partition coefficient (Wildman–Crippen LogP) is 3.73. The van der Waals surface area contributed by atoms with Crippen LogP contribution in [0.3, 0.4) is 0 Å². The van der Waals surface area contributed by atoms with Crippen LogP contribution in [0, 0.1) is 12.7 Å². The maximum Gasteiger partial charge on any atom is 0.261 e. The third-order valence-corrected chi connectivity index (χ3v) is 3.93. The summed E-state index contributed by atoms with van der Waals surface area (Å²) in [5.74, 6) is -0.483. The van der Waals surface area contributed by atoms with E-state index in [0.717, 1.165) is 17.7 Å². The van der Waals surface area contributed by atoms with Gasteiger partial charge in [0.25, 0.3) is 9.05 Å². The zero-order chi connectivity index (χ0) is 13.3. The van der Waals surface area contributed by atoms with E-state index >= 15 is 0 Å². The molecule has 0 bridgehead atoms. The number of hydrogen-bond acceptors (Lipinski definition) is 2. The molecule has 0 unspecified atom stereocenters. The Hall–Kier alpha value is -1.39. The van der Waals surface area contributed by atoms with Gasteiger partial charge in [-0.15, -0.1) is 0 Å². The van der Waals surface area contributed by atoms with Gasteiger partial charge >= 0.3 is 0 Å². The lowest BCUT2D eigenvalue weighted by Crippen LogP contribution is -1.93. The molecule has 0 saturated carbocycles. The summed E-state index contributed by atoms with van der Waals surface area (Å²) in [7, 11) is 1.39. The van der Waals surface area contributed by atoms with Crippen molar-refractivity contribution in [2.24, 2.45) is 0 Å². The number of rotatable bonds is 2. The van der Waals surface area contributed by atoms with Crippen molar-refractivity contribution in [3.63, 3.8) is 0 Å². The third kappa shape index (κ3) is 2.71. The van der Waals surface area contributed by atoms with E-state index in [9.17, 15) is 12.8 Å². The van der Waals surface area contributed by atoms with Crippen molar-refractivity contribution in [1.82, 2.24) is 0 Å². The Morgan fingerprint density at radius 3 is 2.22 bits per heavy atom. The van der Waals surface area contributed by atoms with Gasteiger partial charge in [-0.1, -0.05) is 29.8 Å². The second-order valence-electron chi connectivity index (χ2n) is 3.95. The molecule has 2 aromatic rings. The van der Waals surface area contributed by atoms with Crippen LogP contribution in [0.25, 0.3) is 11.1 Å². The van der Waals surface area contributed by atoms with Crippen molar-refractivity contribution in [1.29, 1.82) is 0 Å². The molecule has 0 aliphatic heterocycles. The molecule has 0 radical (unpaired) electrons. The van der Waals surface area contributed by atoms with Crippen LogP contribution in [-0.4, -0.2) is 8.42 Å². The number of halogens is 2. The molecule has 0 spiro atoms. The standard InChI is InChI=1S/C13H10ClFO2S/c1-9-2-4-10(5-3-9)12-8-11(18(14,16)17)6-7-13(12)15/h2-8H,1H3. The molecule has 0 aliphatic carbocycles. The Morgan fingerprint density at radius 2 is 1.67 bits per heavy atom. The van der Waals surface area contributed by atoms with Crippen LogP contribution < -0.4 is 0 Å². The van der Waals surface area contributed by atoms with Crippen LogP contribution in [0.2, 0.25) is 0 Å². The van der Waals surface area contributed by atoms with Crippen LogP contribution in [0.5, 0.6) is 0 Å². The van der Waals surface area contributed by atoms with Crippen LogP contribution in [0.4, 0.5) is 4.39 Å². The van der Waals surface area contributed by atoms with Crippen molar-refractivity contribution in [3.05, 3.63) is 53.8 Å². The van der Waals surface area contributed by atoms with Gasteiger partial charge < -0.3 is 0 Å². The van der Waals surface area contributed by atoms with E-state index in [4.69, 9.17) is 10.7 Å². The highest BCUT2D eigenvalue weighted by Gasteiger charge is 2.14. The quantitative estimate of drug-likeness (QED) is 0.788. The first-order valence-electron chi connectivity index (χ1n) is 5.19. The summed E-state index contributed by atoms with van der Waals surface area (Å²) in [4.78, 5) is -0.110. The first kappa shape index (κ1) is 13.1. The van der Waals surface area contributed by atoms with E-state index in [-0.39, 0.29) is 10.5 Å². The molecule has 18 heavy (non-hydrogen) atoms. The van der Waals surface area contributed by atoms with Gasteiger partial charge in [0, 0.05) is 16.2 Å². The molecular formula is C13H10ClFO2S. The number of hydrogen-bond donors (Lipinski definition) is 0. The molecular weight excluding hydrogens is 275 g/mol. The van der Waals surface area contributed by atoms with E-state index in [0.29, 0.717) is 5.56 Å². The van der Waals surface area contributed by atoms with Gasteiger partial charge in [-0.2, -0.15) is 0 Å². The fourth-order valence-electron chi connectivity index (χ4n) is 1.61. The molecule has 0 aromatic heterocycles. The summed E-state index contributed by atoms with van der Waals surface area (Å²) < 4.78 is 36.2. The molecule has 0 atom stereocenters. The summed E-state index contributed by atoms with van der Waals surface area (Å²) in [6.45, 7) is 1.92. The van der Waals surface area contributed by atoms with Gasteiger partial charge in [0.1, 0.15) is 5.82 Å². The predicted molar refractivity (Wildman–Crippen MR) is 69.6 cm³/mol. The van der Waals surface area contributed by atoms with E-state index < -0.39 is 14.9 Å². The summed E-state index contributed by atoms with van der Waals surface area (Å²) in [6.07, 6.45) is 0. The molecule has 2 aromatic carbocycles. The van der Waals surface area contributed by atoms with Crippen molar-refractivity contribution in [3.8, 4) is 11.1 Å². The lowest BCUT2D eigenvalue weighted by Gasteiger charge is -2.06. The lowest BCUT2D eigenvalue weighted by molar-refractivity contribution is 0.608. The summed E-state index contributed by atoms with van der Waals surface area (Å²) in [5, 5.41) is 0. The largest absolute Gasteiger partial charge is 0.261 e. The van der Waals surface area contributed by atoms with E-state index in [1.807, 2.05) is 19.1 Å². The molecule has 2 nitrogen and oxygen atoms in total. The Balaban J connectivity index is 2.60. The van der Waals surface area contributed by atoms with Crippen molar-refractivity contribution in [2.75, 3.05) is 0 Å². The van der Waals surface area contributed by atoms with Gasteiger partial charge in [0.05, 0.1) is 4.90 Å². The van der Waals surface area contributed by atoms with E-state index in [1.165, 1.54) is 6.07 Å². The molecule has 2 rings (SSSR count). The SMILES string of the molecule is Cc1ccc(-c2cc(S(=O)(=O)Cl)ccc2F)cc1. The molecule has 0 aliphatic rings. The van der Waals surface area contributed by atoms with Gasteiger partial charge in [-0.3, -0.25) is 0 Å². The Labute approximate surface area is 109 Å². The second kappa shape index (κ2) is 4.71. The minimum Gasteiger partial charge on any atom is -0.207 e. The molecule has 94 valence electrons. The summed E-state index contributed by atoms with van der Waals surface area (Å²) >= 11 is 0. The minimum atomic E-state index is -3.85. The van der Waals surface area contributed by atoms with Gasteiger partial charge in [0.15, 0.2) is 0 Å². The maximum absolute atomic E-state index is 13.7. The van der Waals surface area contributed by atoms with Crippen LogP contribution >= 0.6 is 10.7 Å². The highest BCUT2D eigenvalue weighted by molar-refractivity contribution is 8.13. The minimum absolute atomic E-state index is 0.110. The Morgan fingerprint density at radius 1 is 1.06 bits per heavy atom. The topological polar surface area (TPSA) is 34.1 Å². The second-order valence-corrected chi connectivity index (χ2v) is 6.51. The average molecular weight is 285 g/mol. The zero-order valence-electron chi connectivity index (χ0n) is 9.52. The fourth-order valence-corrected chi connectivity index (χ4v) is 2.39. The van der Waals surface area contributed by atoms with Gasteiger partial charge in [-0.05, 0) is 30.7 Å². The third-order valence-electron chi connectivity index (χ3n) is 2.58. The molecule has 0 saturated heterocycles. The van der Waals surface area contributed by atoms with Crippen LogP contribution in [0.15, 0.2) is 47.4 Å². The van der Waals surface area contributed by atoms with Crippen LogP contribution in [-0.2, 0) is 9.05 Å². The Bertz CT molecular complexity index is 679. The smallest absolute Gasteiger partial charge is 0.207 e. The fraction of sp³-hybridized carbons (Fsp3) is 0.0769. The highest BCUT2D eigenvalue weighted by atomic mass is 35.7. The first-order valence-corrected chi connectivity index (χ1v) is 7.50. The molecule has 0 heterocycles. The van der Waals surface area contributed by atoms with Crippen molar-refractivity contribution in [2.45, 2.75) is 11.8 Å². The maximum atomic E-state index is 13.7. The molecule has 0 fully saturated rings. The van der Waals surface area contributed by atoms with Crippen molar-refractivity contribution >= 4 is 19.7 Å². The summed E-state index contributed by atoms with van der Waals surface area (Å²) in [5.41, 5.74) is 1.87. The number of aryl methyl sites for hydroxylation is 1.